The highest BCUT2D eigenvalue weighted by Crippen LogP contribution is 2.39. The predicted molar refractivity (Wildman–Crippen MR) is 158 cm³/mol. The average molecular weight is 526 g/mol. The maximum absolute atomic E-state index is 3.85. The van der Waals surface area contributed by atoms with Crippen LogP contribution in [0.1, 0.15) is 0 Å². The maximum Gasteiger partial charge on any atom is 0.0463 e. The minimum Gasteiger partial charge on any atom is -0.355 e. The van der Waals surface area contributed by atoms with E-state index in [4.69, 9.17) is 0 Å². The van der Waals surface area contributed by atoms with Gasteiger partial charge in [-0.05, 0) is 63.0 Å². The first-order valence-corrected chi connectivity index (χ1v) is 12.9. The topological polar surface area (TPSA) is 12.0 Å². The zero-order valence-corrected chi connectivity index (χ0v) is 21.2. The molecule has 0 aliphatic carbocycles. The number of anilines is 2. The normalized spacial score (nSPS) is 10.9. The van der Waals surface area contributed by atoms with Crippen molar-refractivity contribution in [2.24, 2.45) is 0 Å². The summed E-state index contributed by atoms with van der Waals surface area (Å²) in [4.78, 5) is 0. The van der Waals surface area contributed by atoms with E-state index in [0.29, 0.717) is 0 Å². The van der Waals surface area contributed by atoms with Gasteiger partial charge in [-0.2, -0.15) is 0 Å². The van der Waals surface area contributed by atoms with Gasteiger partial charge in [-0.15, -0.1) is 0 Å². The second-order valence-corrected chi connectivity index (χ2v) is 9.69. The summed E-state index contributed by atoms with van der Waals surface area (Å²) in [5.74, 6) is 0. The first kappa shape index (κ1) is 22.3. The van der Waals surface area contributed by atoms with E-state index in [0.717, 1.165) is 21.4 Å². The molecule has 0 amide bonds. The first-order valence-electron chi connectivity index (χ1n) is 12.1. The van der Waals surface area contributed by atoms with E-state index in [1.54, 1.807) is 0 Å². The van der Waals surface area contributed by atoms with E-state index < -0.39 is 0 Å². The van der Waals surface area contributed by atoms with Crippen molar-refractivity contribution in [2.45, 2.75) is 0 Å². The van der Waals surface area contributed by atoms with E-state index in [2.05, 4.69) is 161 Å². The highest BCUT2D eigenvalue weighted by atomic mass is 79.9. The summed E-state index contributed by atoms with van der Waals surface area (Å²) in [6.45, 7) is 0. The molecule has 0 aliphatic heterocycles. The summed E-state index contributed by atoms with van der Waals surface area (Å²) >= 11 is 3.85. The van der Waals surface area contributed by atoms with E-state index in [9.17, 15) is 0 Å². The van der Waals surface area contributed by atoms with Crippen molar-refractivity contribution >= 4 is 38.1 Å². The van der Waals surface area contributed by atoms with Crippen LogP contribution >= 0.6 is 15.9 Å². The molecule has 6 aromatic rings. The fourth-order valence-corrected chi connectivity index (χ4v) is 5.36. The van der Waals surface area contributed by atoms with Crippen molar-refractivity contribution in [3.8, 4) is 33.4 Å². The van der Waals surface area contributed by atoms with Crippen molar-refractivity contribution < 1.29 is 0 Å². The molecule has 36 heavy (non-hydrogen) atoms. The summed E-state index contributed by atoms with van der Waals surface area (Å²) < 4.78 is 1.05. The molecule has 0 radical (unpaired) electrons. The second-order valence-electron chi connectivity index (χ2n) is 8.84. The lowest BCUT2D eigenvalue weighted by Gasteiger charge is -2.15. The van der Waals surface area contributed by atoms with Crippen molar-refractivity contribution in [3.63, 3.8) is 0 Å². The standard InChI is InChI=1S/C34H24BrN/c35-33-23-28(36-34-17-9-15-25-14-7-8-16-31(25)34)19-21-30(33)27-18-20-29(24-10-3-1-4-11-24)32(22-27)26-12-5-2-6-13-26/h1-23,36H. The third-order valence-electron chi connectivity index (χ3n) is 6.54. The minimum absolute atomic E-state index is 1.05. The summed E-state index contributed by atoms with van der Waals surface area (Å²) in [6, 6.07) is 49.3. The van der Waals surface area contributed by atoms with Crippen LogP contribution in [-0.2, 0) is 0 Å². The summed E-state index contributed by atoms with van der Waals surface area (Å²) in [5, 5.41) is 6.04. The molecule has 0 bridgehead atoms. The monoisotopic (exact) mass is 525 g/mol. The first-order chi connectivity index (χ1) is 17.8. The Morgan fingerprint density at radius 3 is 1.83 bits per heavy atom. The van der Waals surface area contributed by atoms with Crippen molar-refractivity contribution in [3.05, 3.63) is 144 Å². The number of nitrogens with one attached hydrogen (secondary N) is 1. The molecule has 0 fully saturated rings. The molecule has 0 heterocycles. The third kappa shape index (κ3) is 4.44. The fraction of sp³-hybridized carbons (Fsp3) is 0. The number of rotatable bonds is 5. The van der Waals surface area contributed by atoms with Gasteiger partial charge in [0, 0.05) is 21.2 Å². The highest BCUT2D eigenvalue weighted by molar-refractivity contribution is 9.10. The van der Waals surface area contributed by atoms with Gasteiger partial charge >= 0.3 is 0 Å². The van der Waals surface area contributed by atoms with Crippen LogP contribution in [0, 0.1) is 0 Å². The van der Waals surface area contributed by atoms with Crippen LogP contribution in [0.15, 0.2) is 144 Å². The van der Waals surface area contributed by atoms with Crippen LogP contribution in [0.5, 0.6) is 0 Å². The molecule has 1 N–H and O–H groups in total. The molecule has 0 saturated heterocycles. The average Bonchev–Trinajstić information content (AvgIpc) is 2.94. The van der Waals surface area contributed by atoms with Gasteiger partial charge < -0.3 is 5.32 Å². The van der Waals surface area contributed by atoms with Gasteiger partial charge in [0.2, 0.25) is 0 Å². The molecular formula is C34H24BrN. The Bertz CT molecular complexity index is 1650. The van der Waals surface area contributed by atoms with Crippen LogP contribution in [-0.4, -0.2) is 0 Å². The molecule has 1 nitrogen and oxygen atoms in total. The molecular weight excluding hydrogens is 502 g/mol. The molecule has 172 valence electrons. The Kier molecular flexibility index (Phi) is 6.11. The Hall–Kier alpha value is -4.14. The van der Waals surface area contributed by atoms with E-state index in [1.807, 2.05) is 0 Å². The largest absolute Gasteiger partial charge is 0.355 e. The Morgan fingerprint density at radius 2 is 1.08 bits per heavy atom. The molecule has 0 aliphatic rings. The lowest BCUT2D eigenvalue weighted by atomic mass is 9.91. The Labute approximate surface area is 220 Å². The lowest BCUT2D eigenvalue weighted by Crippen LogP contribution is -1.93. The van der Waals surface area contributed by atoms with Crippen molar-refractivity contribution in [1.82, 2.24) is 0 Å². The minimum atomic E-state index is 1.05. The van der Waals surface area contributed by atoms with Gasteiger partial charge in [-0.3, -0.25) is 0 Å². The summed E-state index contributed by atoms with van der Waals surface area (Å²) in [6.07, 6.45) is 0. The van der Waals surface area contributed by atoms with Gasteiger partial charge in [0.05, 0.1) is 0 Å². The molecule has 0 unspecified atom stereocenters. The lowest BCUT2D eigenvalue weighted by molar-refractivity contribution is 1.52. The van der Waals surface area contributed by atoms with E-state index >= 15 is 0 Å². The van der Waals surface area contributed by atoms with E-state index in [1.165, 1.54) is 38.6 Å². The zero-order chi connectivity index (χ0) is 24.3. The van der Waals surface area contributed by atoms with Crippen molar-refractivity contribution in [1.29, 1.82) is 0 Å². The quantitative estimate of drug-likeness (QED) is 0.236. The Balaban J connectivity index is 1.39. The number of hydrogen-bond acceptors (Lipinski definition) is 1. The van der Waals surface area contributed by atoms with Crippen LogP contribution in [0.25, 0.3) is 44.2 Å². The van der Waals surface area contributed by atoms with E-state index in [-0.39, 0.29) is 0 Å². The number of benzene rings is 6. The SMILES string of the molecule is Brc1cc(Nc2cccc3ccccc23)ccc1-c1ccc(-c2ccccc2)c(-c2ccccc2)c1. The van der Waals surface area contributed by atoms with Gasteiger partial charge in [0.15, 0.2) is 0 Å². The number of fused-ring (bicyclic) bond motifs is 1. The van der Waals surface area contributed by atoms with Gasteiger partial charge in [-0.25, -0.2) is 0 Å². The maximum atomic E-state index is 3.85. The molecule has 6 aromatic carbocycles. The molecule has 0 atom stereocenters. The van der Waals surface area contributed by atoms with Crippen LogP contribution in [0.2, 0.25) is 0 Å². The molecule has 0 spiro atoms. The molecule has 0 saturated carbocycles. The predicted octanol–water partition coefficient (Wildman–Crippen LogP) is 10.3. The van der Waals surface area contributed by atoms with Crippen LogP contribution in [0.3, 0.4) is 0 Å². The van der Waals surface area contributed by atoms with Gasteiger partial charge in [0.25, 0.3) is 0 Å². The van der Waals surface area contributed by atoms with Crippen LogP contribution < -0.4 is 5.32 Å². The third-order valence-corrected chi connectivity index (χ3v) is 7.19. The smallest absolute Gasteiger partial charge is 0.0463 e. The Morgan fingerprint density at radius 1 is 0.444 bits per heavy atom. The summed E-state index contributed by atoms with van der Waals surface area (Å²) in [5.41, 5.74) is 9.38. The van der Waals surface area contributed by atoms with Crippen LogP contribution in [0.4, 0.5) is 11.4 Å². The zero-order valence-electron chi connectivity index (χ0n) is 19.7. The number of halogens is 1. The van der Waals surface area contributed by atoms with Gasteiger partial charge in [-0.1, -0.05) is 131 Å². The second kappa shape index (κ2) is 9.85. The summed E-state index contributed by atoms with van der Waals surface area (Å²) in [7, 11) is 0. The molecule has 2 heteroatoms. The molecule has 6 rings (SSSR count). The van der Waals surface area contributed by atoms with Gasteiger partial charge in [0.1, 0.15) is 0 Å². The number of hydrogen-bond donors (Lipinski definition) is 1. The van der Waals surface area contributed by atoms with Crippen molar-refractivity contribution in [2.75, 3.05) is 5.32 Å². The molecule has 0 aromatic heterocycles. The fourth-order valence-electron chi connectivity index (χ4n) is 4.75. The highest BCUT2D eigenvalue weighted by Gasteiger charge is 2.12.